The molecule has 1 unspecified atom stereocenters. The van der Waals surface area contributed by atoms with Crippen LogP contribution in [0.4, 0.5) is 0 Å². The summed E-state index contributed by atoms with van der Waals surface area (Å²) in [6, 6.07) is 0. The van der Waals surface area contributed by atoms with Gasteiger partial charge >= 0.3 is 0 Å². The summed E-state index contributed by atoms with van der Waals surface area (Å²) in [7, 11) is 2.04. The van der Waals surface area contributed by atoms with E-state index in [9.17, 15) is 0 Å². The average Bonchev–Trinajstić information content (AvgIpc) is 2.35. The van der Waals surface area contributed by atoms with Crippen LogP contribution in [0, 0.1) is 0 Å². The molecule has 1 heterocycles. The van der Waals surface area contributed by atoms with Crippen LogP contribution in [0.2, 0.25) is 0 Å². The summed E-state index contributed by atoms with van der Waals surface area (Å²) < 4.78 is 2.02. The van der Waals surface area contributed by atoms with Gasteiger partial charge in [0.05, 0.1) is 6.20 Å². The van der Waals surface area contributed by atoms with E-state index < -0.39 is 0 Å². The average molecular weight is 150 g/mol. The predicted octanol–water partition coefficient (Wildman–Crippen LogP) is 1.86. The Morgan fingerprint density at radius 2 is 2.45 bits per heavy atom. The van der Waals surface area contributed by atoms with Crippen molar-refractivity contribution in [3.63, 3.8) is 0 Å². The van der Waals surface area contributed by atoms with Gasteiger partial charge < -0.3 is 0 Å². The van der Waals surface area contributed by atoms with E-state index in [1.165, 1.54) is 30.5 Å². The summed E-state index contributed by atoms with van der Waals surface area (Å²) in [5.41, 5.74) is 2.92. The van der Waals surface area contributed by atoms with E-state index in [2.05, 4.69) is 12.0 Å². The number of hydrogen-bond donors (Lipinski definition) is 0. The molecule has 2 rings (SSSR count). The number of nitrogens with zero attached hydrogens (tertiary/aromatic N) is 2. The molecule has 2 heteroatoms. The van der Waals surface area contributed by atoms with Crippen molar-refractivity contribution in [2.75, 3.05) is 0 Å². The molecule has 60 valence electrons. The smallest absolute Gasteiger partial charge is 0.0527 e. The molecule has 1 aromatic heterocycles. The predicted molar refractivity (Wildman–Crippen MR) is 44.6 cm³/mol. The zero-order chi connectivity index (χ0) is 7.84. The highest BCUT2D eigenvalue weighted by atomic mass is 15.3. The molecule has 0 bridgehead atoms. The largest absolute Gasteiger partial charge is 0.272 e. The lowest BCUT2D eigenvalue weighted by Gasteiger charge is -2.18. The molecule has 0 spiro atoms. The van der Waals surface area contributed by atoms with Crippen LogP contribution in [0.15, 0.2) is 6.20 Å². The molecule has 1 aliphatic carbocycles. The van der Waals surface area contributed by atoms with Gasteiger partial charge in [-0.2, -0.15) is 5.10 Å². The number of aromatic nitrogens is 2. The van der Waals surface area contributed by atoms with Gasteiger partial charge in [0.25, 0.3) is 0 Å². The third-order valence-electron chi connectivity index (χ3n) is 2.68. The molecule has 0 aromatic carbocycles. The minimum atomic E-state index is 0.729. The second kappa shape index (κ2) is 2.36. The normalized spacial score (nSPS) is 23.3. The van der Waals surface area contributed by atoms with Crippen LogP contribution in [-0.2, 0) is 13.5 Å². The highest BCUT2D eigenvalue weighted by Crippen LogP contribution is 2.29. The monoisotopic (exact) mass is 150 g/mol. The van der Waals surface area contributed by atoms with Gasteiger partial charge in [-0.3, -0.25) is 4.68 Å². The first kappa shape index (κ1) is 6.89. The highest BCUT2D eigenvalue weighted by molar-refractivity contribution is 5.24. The van der Waals surface area contributed by atoms with Crippen molar-refractivity contribution in [1.82, 2.24) is 9.78 Å². The molecular weight excluding hydrogens is 136 g/mol. The maximum atomic E-state index is 4.27. The third-order valence-corrected chi connectivity index (χ3v) is 2.68. The lowest BCUT2D eigenvalue weighted by atomic mass is 9.89. The quantitative estimate of drug-likeness (QED) is 0.552. The number of fused-ring (bicyclic) bond motifs is 1. The summed E-state index contributed by atoms with van der Waals surface area (Å²) >= 11 is 0. The molecule has 0 saturated heterocycles. The van der Waals surface area contributed by atoms with Crippen molar-refractivity contribution < 1.29 is 0 Å². The summed E-state index contributed by atoms with van der Waals surface area (Å²) in [6.45, 7) is 2.29. The number of rotatable bonds is 0. The molecule has 11 heavy (non-hydrogen) atoms. The standard InChI is InChI=1S/C9H14N2/c1-7-4-3-5-9-8(7)6-10-11(9)2/h6-7H,3-5H2,1-2H3. The van der Waals surface area contributed by atoms with Crippen molar-refractivity contribution >= 4 is 0 Å². The Kier molecular flexibility index (Phi) is 1.48. The van der Waals surface area contributed by atoms with E-state index in [0.29, 0.717) is 0 Å². The molecule has 1 aromatic rings. The summed E-state index contributed by atoms with van der Waals surface area (Å²) in [6.07, 6.45) is 5.90. The minimum Gasteiger partial charge on any atom is -0.272 e. The van der Waals surface area contributed by atoms with E-state index in [1.54, 1.807) is 0 Å². The molecule has 0 fully saturated rings. The maximum absolute atomic E-state index is 4.27. The highest BCUT2D eigenvalue weighted by Gasteiger charge is 2.18. The van der Waals surface area contributed by atoms with Crippen LogP contribution in [-0.4, -0.2) is 9.78 Å². The van der Waals surface area contributed by atoms with Gasteiger partial charge in [0, 0.05) is 12.7 Å². The van der Waals surface area contributed by atoms with Crippen molar-refractivity contribution in [2.24, 2.45) is 7.05 Å². The van der Waals surface area contributed by atoms with Crippen molar-refractivity contribution in [1.29, 1.82) is 0 Å². The third kappa shape index (κ3) is 0.971. The Balaban J connectivity index is 2.46. The molecular formula is C9H14N2. The van der Waals surface area contributed by atoms with Crippen LogP contribution >= 0.6 is 0 Å². The fraction of sp³-hybridized carbons (Fsp3) is 0.667. The fourth-order valence-corrected chi connectivity index (χ4v) is 1.93. The Hall–Kier alpha value is -0.790. The second-order valence-electron chi connectivity index (χ2n) is 3.46. The number of aryl methyl sites for hydroxylation is 1. The Morgan fingerprint density at radius 1 is 1.64 bits per heavy atom. The summed E-state index contributed by atoms with van der Waals surface area (Å²) in [5, 5.41) is 4.27. The van der Waals surface area contributed by atoms with Gasteiger partial charge in [-0.1, -0.05) is 6.92 Å². The molecule has 0 amide bonds. The van der Waals surface area contributed by atoms with Gasteiger partial charge in [-0.25, -0.2) is 0 Å². The summed E-state index contributed by atoms with van der Waals surface area (Å²) in [5.74, 6) is 0.729. The van der Waals surface area contributed by atoms with Crippen molar-refractivity contribution in [2.45, 2.75) is 32.1 Å². The van der Waals surface area contributed by atoms with E-state index in [1.807, 2.05) is 17.9 Å². The molecule has 1 aliphatic rings. The van der Waals surface area contributed by atoms with Crippen LogP contribution in [0.25, 0.3) is 0 Å². The maximum Gasteiger partial charge on any atom is 0.0527 e. The lowest BCUT2D eigenvalue weighted by molar-refractivity contribution is 0.563. The van der Waals surface area contributed by atoms with Crippen molar-refractivity contribution in [3.05, 3.63) is 17.5 Å². The Bertz CT molecular complexity index is 263. The molecule has 2 nitrogen and oxygen atoms in total. The second-order valence-corrected chi connectivity index (χ2v) is 3.46. The van der Waals surface area contributed by atoms with Gasteiger partial charge in [0.15, 0.2) is 0 Å². The van der Waals surface area contributed by atoms with Crippen LogP contribution in [0.5, 0.6) is 0 Å². The van der Waals surface area contributed by atoms with Crippen LogP contribution in [0.3, 0.4) is 0 Å². The van der Waals surface area contributed by atoms with E-state index >= 15 is 0 Å². The first-order chi connectivity index (χ1) is 5.29. The molecule has 0 N–H and O–H groups in total. The fourth-order valence-electron chi connectivity index (χ4n) is 1.93. The van der Waals surface area contributed by atoms with Gasteiger partial charge in [0.2, 0.25) is 0 Å². The van der Waals surface area contributed by atoms with Crippen LogP contribution < -0.4 is 0 Å². The molecule has 0 aliphatic heterocycles. The molecule has 1 atom stereocenters. The molecule has 0 radical (unpaired) electrons. The number of hydrogen-bond acceptors (Lipinski definition) is 1. The summed E-state index contributed by atoms with van der Waals surface area (Å²) in [4.78, 5) is 0. The van der Waals surface area contributed by atoms with E-state index in [0.717, 1.165) is 5.92 Å². The first-order valence-electron chi connectivity index (χ1n) is 4.30. The topological polar surface area (TPSA) is 17.8 Å². The van der Waals surface area contributed by atoms with E-state index in [4.69, 9.17) is 0 Å². The Labute approximate surface area is 67.2 Å². The van der Waals surface area contributed by atoms with Gasteiger partial charge in [0.1, 0.15) is 0 Å². The van der Waals surface area contributed by atoms with E-state index in [-0.39, 0.29) is 0 Å². The van der Waals surface area contributed by atoms with Gasteiger partial charge in [-0.15, -0.1) is 0 Å². The first-order valence-corrected chi connectivity index (χ1v) is 4.30. The minimum absolute atomic E-state index is 0.729. The van der Waals surface area contributed by atoms with Gasteiger partial charge in [-0.05, 0) is 30.7 Å². The lowest BCUT2D eigenvalue weighted by Crippen LogP contribution is -2.08. The SMILES string of the molecule is CC1CCCc2c1cnn2C. The van der Waals surface area contributed by atoms with Crippen molar-refractivity contribution in [3.8, 4) is 0 Å². The molecule has 0 saturated carbocycles. The van der Waals surface area contributed by atoms with Crippen LogP contribution in [0.1, 0.15) is 36.9 Å². The zero-order valence-corrected chi connectivity index (χ0v) is 7.17. The zero-order valence-electron chi connectivity index (χ0n) is 7.17. The Morgan fingerprint density at radius 3 is 3.18 bits per heavy atom.